The van der Waals surface area contributed by atoms with Gasteiger partial charge in [-0.1, -0.05) is 18.2 Å². The fourth-order valence-corrected chi connectivity index (χ4v) is 2.93. The molecule has 0 radical (unpaired) electrons. The average molecular weight is 252 g/mol. The summed E-state index contributed by atoms with van der Waals surface area (Å²) in [6.07, 6.45) is 3.37. The molecule has 0 aliphatic heterocycles. The molecule has 0 aliphatic rings. The first kappa shape index (κ1) is 11.7. The molecule has 1 rings (SSSR count). The molecular weight excluding hydrogens is 242 g/mol. The van der Waals surface area contributed by atoms with Crippen molar-refractivity contribution < 1.29 is 8.42 Å². The second-order valence-electron chi connectivity index (χ2n) is 2.41. The van der Waals surface area contributed by atoms with Crippen molar-refractivity contribution in [1.82, 2.24) is 4.72 Å². The molecule has 0 unspecified atom stereocenters. The van der Waals surface area contributed by atoms with Gasteiger partial charge in [-0.15, -0.1) is 22.9 Å². The number of nitrogens with one attached hydrogen (secondary N) is 1. The fourth-order valence-electron chi connectivity index (χ4n) is 0.792. The second kappa shape index (κ2) is 5.50. The van der Waals surface area contributed by atoms with Gasteiger partial charge in [0.1, 0.15) is 4.21 Å². The first-order chi connectivity index (χ1) is 6.67. The van der Waals surface area contributed by atoms with E-state index in [1.165, 1.54) is 11.3 Å². The maximum absolute atomic E-state index is 11.5. The van der Waals surface area contributed by atoms with E-state index in [1.54, 1.807) is 29.7 Å². The zero-order valence-corrected chi connectivity index (χ0v) is 9.70. The number of alkyl halides is 1. The normalized spacial score (nSPS) is 12.4. The van der Waals surface area contributed by atoms with Crippen LogP contribution in [0.25, 0.3) is 0 Å². The largest absolute Gasteiger partial charge is 0.250 e. The molecular formula is C8H10ClNO2S2. The molecule has 0 aromatic carbocycles. The summed E-state index contributed by atoms with van der Waals surface area (Å²) < 4.78 is 25.7. The van der Waals surface area contributed by atoms with Crippen LogP contribution in [-0.2, 0) is 10.0 Å². The highest BCUT2D eigenvalue weighted by molar-refractivity contribution is 7.91. The molecule has 78 valence electrons. The van der Waals surface area contributed by atoms with Gasteiger partial charge >= 0.3 is 0 Å². The summed E-state index contributed by atoms with van der Waals surface area (Å²) in [5.74, 6) is 0.390. The van der Waals surface area contributed by atoms with E-state index < -0.39 is 10.0 Å². The van der Waals surface area contributed by atoms with Gasteiger partial charge in [-0.2, -0.15) is 0 Å². The predicted molar refractivity (Wildman–Crippen MR) is 59.4 cm³/mol. The summed E-state index contributed by atoms with van der Waals surface area (Å²) in [6, 6.07) is 3.27. The van der Waals surface area contributed by atoms with Gasteiger partial charge in [-0.25, -0.2) is 13.1 Å². The summed E-state index contributed by atoms with van der Waals surface area (Å²) in [4.78, 5) is 0. The SMILES string of the molecule is O=S(=O)(NC/C=C/CCl)c1cccs1. The molecule has 3 nitrogen and oxygen atoms in total. The fraction of sp³-hybridized carbons (Fsp3) is 0.250. The number of hydrogen-bond acceptors (Lipinski definition) is 3. The Labute approximate surface area is 92.5 Å². The van der Waals surface area contributed by atoms with Crippen LogP contribution in [0.3, 0.4) is 0 Å². The topological polar surface area (TPSA) is 46.2 Å². The zero-order valence-electron chi connectivity index (χ0n) is 7.31. The summed E-state index contributed by atoms with van der Waals surface area (Å²) in [5, 5.41) is 1.73. The highest BCUT2D eigenvalue weighted by Crippen LogP contribution is 2.14. The highest BCUT2D eigenvalue weighted by Gasteiger charge is 2.12. The van der Waals surface area contributed by atoms with Crippen molar-refractivity contribution in [1.29, 1.82) is 0 Å². The summed E-state index contributed by atoms with van der Waals surface area (Å²) >= 11 is 6.58. The molecule has 0 saturated carbocycles. The van der Waals surface area contributed by atoms with Crippen molar-refractivity contribution in [3.05, 3.63) is 29.7 Å². The third kappa shape index (κ3) is 3.42. The van der Waals surface area contributed by atoms with Crippen LogP contribution in [0.15, 0.2) is 33.9 Å². The van der Waals surface area contributed by atoms with Gasteiger partial charge in [-0.3, -0.25) is 0 Å². The number of sulfonamides is 1. The average Bonchev–Trinajstić information content (AvgIpc) is 2.65. The standard InChI is InChI=1S/C8H10ClNO2S2/c9-5-1-2-6-10-14(11,12)8-4-3-7-13-8/h1-4,7,10H,5-6H2/b2-1+. The Bertz CT molecular complexity index is 383. The van der Waals surface area contributed by atoms with Crippen LogP contribution in [0.2, 0.25) is 0 Å². The molecule has 0 amide bonds. The van der Waals surface area contributed by atoms with Crippen LogP contribution in [-0.4, -0.2) is 20.8 Å². The van der Waals surface area contributed by atoms with Crippen molar-refractivity contribution in [2.75, 3.05) is 12.4 Å². The van der Waals surface area contributed by atoms with Crippen molar-refractivity contribution in [3.63, 3.8) is 0 Å². The Kier molecular flexibility index (Phi) is 4.60. The molecule has 1 aromatic rings. The molecule has 0 fully saturated rings. The quantitative estimate of drug-likeness (QED) is 0.641. The van der Waals surface area contributed by atoms with Crippen LogP contribution in [0.5, 0.6) is 0 Å². The Morgan fingerprint density at radius 3 is 2.86 bits per heavy atom. The van der Waals surface area contributed by atoms with Crippen LogP contribution in [0.1, 0.15) is 0 Å². The van der Waals surface area contributed by atoms with Crippen molar-refractivity contribution >= 4 is 33.0 Å². The Balaban J connectivity index is 2.56. The van der Waals surface area contributed by atoms with Crippen LogP contribution >= 0.6 is 22.9 Å². The number of halogens is 1. The van der Waals surface area contributed by atoms with E-state index >= 15 is 0 Å². The van der Waals surface area contributed by atoms with Crippen LogP contribution in [0.4, 0.5) is 0 Å². The van der Waals surface area contributed by atoms with E-state index in [0.29, 0.717) is 10.1 Å². The monoisotopic (exact) mass is 251 g/mol. The van der Waals surface area contributed by atoms with Crippen LogP contribution in [0, 0.1) is 0 Å². The molecule has 0 aliphatic carbocycles. The second-order valence-corrected chi connectivity index (χ2v) is 5.66. The molecule has 1 N–H and O–H groups in total. The Morgan fingerprint density at radius 1 is 1.50 bits per heavy atom. The maximum atomic E-state index is 11.5. The minimum atomic E-state index is -3.32. The van der Waals surface area contributed by atoms with Crippen molar-refractivity contribution in [2.45, 2.75) is 4.21 Å². The summed E-state index contributed by atoms with van der Waals surface area (Å²) in [6.45, 7) is 0.271. The minimum Gasteiger partial charge on any atom is -0.207 e. The zero-order chi connectivity index (χ0) is 10.4. The summed E-state index contributed by atoms with van der Waals surface area (Å²) in [5.41, 5.74) is 0. The first-order valence-electron chi connectivity index (χ1n) is 3.91. The van der Waals surface area contributed by atoms with E-state index in [0.717, 1.165) is 0 Å². The number of allylic oxidation sites excluding steroid dienone is 1. The minimum absolute atomic E-state index is 0.271. The van der Waals surface area contributed by atoms with E-state index in [2.05, 4.69) is 4.72 Å². The third-order valence-corrected chi connectivity index (χ3v) is 4.41. The lowest BCUT2D eigenvalue weighted by Crippen LogP contribution is -2.22. The summed E-state index contributed by atoms with van der Waals surface area (Å²) in [7, 11) is -3.32. The predicted octanol–water partition coefficient (Wildman–Crippen LogP) is 1.82. The Morgan fingerprint density at radius 2 is 2.29 bits per heavy atom. The first-order valence-corrected chi connectivity index (χ1v) is 6.80. The van der Waals surface area contributed by atoms with Gasteiger partial charge in [0.05, 0.1) is 0 Å². The Hall–Kier alpha value is -0.360. The van der Waals surface area contributed by atoms with Gasteiger partial charge in [0.15, 0.2) is 0 Å². The molecule has 6 heteroatoms. The molecule has 0 saturated heterocycles. The van der Waals surface area contributed by atoms with Crippen LogP contribution < -0.4 is 4.72 Å². The lowest BCUT2D eigenvalue weighted by Gasteiger charge is -2.00. The molecule has 1 aromatic heterocycles. The van der Waals surface area contributed by atoms with Crippen molar-refractivity contribution in [2.24, 2.45) is 0 Å². The molecule has 14 heavy (non-hydrogen) atoms. The van der Waals surface area contributed by atoms with E-state index in [9.17, 15) is 8.42 Å². The maximum Gasteiger partial charge on any atom is 0.250 e. The molecule has 0 bridgehead atoms. The van der Waals surface area contributed by atoms with Gasteiger partial charge in [-0.05, 0) is 11.4 Å². The highest BCUT2D eigenvalue weighted by atomic mass is 35.5. The van der Waals surface area contributed by atoms with E-state index in [-0.39, 0.29) is 6.54 Å². The third-order valence-electron chi connectivity index (χ3n) is 1.41. The molecule has 0 spiro atoms. The lowest BCUT2D eigenvalue weighted by atomic mass is 10.5. The van der Waals surface area contributed by atoms with Gasteiger partial charge in [0, 0.05) is 12.4 Å². The molecule has 0 atom stereocenters. The van der Waals surface area contributed by atoms with Gasteiger partial charge < -0.3 is 0 Å². The number of thiophene rings is 1. The number of rotatable bonds is 5. The number of hydrogen-bond donors (Lipinski definition) is 1. The molecule has 1 heterocycles. The lowest BCUT2D eigenvalue weighted by molar-refractivity contribution is 0.587. The van der Waals surface area contributed by atoms with E-state index in [4.69, 9.17) is 11.6 Å². The van der Waals surface area contributed by atoms with Gasteiger partial charge in [0.2, 0.25) is 10.0 Å². The van der Waals surface area contributed by atoms with Gasteiger partial charge in [0.25, 0.3) is 0 Å². The van der Waals surface area contributed by atoms with Crippen molar-refractivity contribution in [3.8, 4) is 0 Å². The van der Waals surface area contributed by atoms with E-state index in [1.807, 2.05) is 0 Å². The smallest absolute Gasteiger partial charge is 0.207 e.